The average molecular weight is 345 g/mol. The lowest BCUT2D eigenvalue weighted by molar-refractivity contribution is 0.411. The van der Waals surface area contributed by atoms with Gasteiger partial charge in [-0.3, -0.25) is 8.97 Å². The van der Waals surface area contributed by atoms with Gasteiger partial charge in [0.05, 0.1) is 12.8 Å². The van der Waals surface area contributed by atoms with Gasteiger partial charge in [0.15, 0.2) is 0 Å². The highest BCUT2D eigenvalue weighted by atomic mass is 16.5. The van der Waals surface area contributed by atoms with Gasteiger partial charge in [-0.15, -0.1) is 0 Å². The van der Waals surface area contributed by atoms with Crippen molar-refractivity contribution in [2.75, 3.05) is 12.8 Å². The number of aromatic nitrogens is 3. The van der Waals surface area contributed by atoms with Gasteiger partial charge in [0.1, 0.15) is 34.5 Å². The Morgan fingerprint density at radius 2 is 1.96 bits per heavy atom. The van der Waals surface area contributed by atoms with Gasteiger partial charge in [0, 0.05) is 23.3 Å². The van der Waals surface area contributed by atoms with Gasteiger partial charge in [-0.25, -0.2) is 4.98 Å². The molecule has 26 heavy (non-hydrogen) atoms. The summed E-state index contributed by atoms with van der Waals surface area (Å²) in [6.45, 7) is 6.01. The van der Waals surface area contributed by atoms with Crippen LogP contribution in [-0.2, 0) is 0 Å². The highest BCUT2D eigenvalue weighted by molar-refractivity contribution is 5.94. The van der Waals surface area contributed by atoms with E-state index in [4.69, 9.17) is 10.5 Å². The highest BCUT2D eigenvalue weighted by Crippen LogP contribution is 2.37. The second-order valence-corrected chi connectivity index (χ2v) is 6.45. The van der Waals surface area contributed by atoms with Crippen LogP contribution in [0.15, 0.2) is 30.6 Å². The second kappa shape index (κ2) is 5.53. The quantitative estimate of drug-likeness (QED) is 0.601. The highest BCUT2D eigenvalue weighted by Gasteiger charge is 2.23. The number of fused-ring (bicyclic) bond motifs is 3. The van der Waals surface area contributed by atoms with Crippen molar-refractivity contribution in [1.82, 2.24) is 14.0 Å². The van der Waals surface area contributed by atoms with Crippen LogP contribution >= 0.6 is 0 Å². The maximum atomic E-state index is 9.74. The second-order valence-electron chi connectivity index (χ2n) is 6.45. The normalized spacial score (nSPS) is 11.2. The first-order chi connectivity index (χ1) is 12.5. The molecule has 0 atom stereocenters. The monoisotopic (exact) mass is 345 g/mol. The topological polar surface area (TPSA) is 81.3 Å². The molecule has 0 amide bonds. The van der Waals surface area contributed by atoms with Gasteiger partial charge in [-0.1, -0.05) is 6.07 Å². The van der Waals surface area contributed by atoms with Crippen LogP contribution in [0.25, 0.3) is 22.4 Å². The van der Waals surface area contributed by atoms with Crippen molar-refractivity contribution < 1.29 is 4.74 Å². The lowest BCUT2D eigenvalue weighted by atomic mass is 10.1. The Kier molecular flexibility index (Phi) is 3.41. The zero-order valence-electron chi connectivity index (χ0n) is 15.2. The van der Waals surface area contributed by atoms with Crippen molar-refractivity contribution in [1.29, 1.82) is 5.26 Å². The molecule has 0 aliphatic rings. The van der Waals surface area contributed by atoms with Crippen LogP contribution in [0.5, 0.6) is 5.75 Å². The summed E-state index contributed by atoms with van der Waals surface area (Å²) in [7, 11) is 1.65. The fourth-order valence-electron chi connectivity index (χ4n) is 3.74. The SMILES string of the molecule is COc1ccc(C)c(-n2c(N)c(C#N)c3cc(C)c4nccn4c32)c1C. The van der Waals surface area contributed by atoms with Crippen LogP contribution < -0.4 is 10.5 Å². The van der Waals surface area contributed by atoms with Crippen LogP contribution in [0.3, 0.4) is 0 Å². The number of aryl methyl sites for hydroxylation is 2. The summed E-state index contributed by atoms with van der Waals surface area (Å²) in [6.07, 6.45) is 3.65. The molecule has 4 rings (SSSR count). The van der Waals surface area contributed by atoms with Crippen LogP contribution in [0.2, 0.25) is 0 Å². The Morgan fingerprint density at radius 1 is 1.19 bits per heavy atom. The minimum Gasteiger partial charge on any atom is -0.496 e. The van der Waals surface area contributed by atoms with Gasteiger partial charge in [0.2, 0.25) is 0 Å². The van der Waals surface area contributed by atoms with Crippen molar-refractivity contribution in [2.45, 2.75) is 20.8 Å². The molecule has 0 fully saturated rings. The molecule has 3 heterocycles. The van der Waals surface area contributed by atoms with E-state index in [9.17, 15) is 5.26 Å². The van der Waals surface area contributed by atoms with E-state index in [-0.39, 0.29) is 0 Å². The number of anilines is 1. The number of rotatable bonds is 2. The van der Waals surface area contributed by atoms with Crippen LogP contribution in [0.4, 0.5) is 5.82 Å². The molecule has 0 aliphatic carbocycles. The van der Waals surface area contributed by atoms with Gasteiger partial charge in [-0.2, -0.15) is 5.26 Å². The minimum absolute atomic E-state index is 0.419. The first-order valence-corrected chi connectivity index (χ1v) is 8.30. The Balaban J connectivity index is 2.28. The third kappa shape index (κ3) is 1.94. The standard InChI is InChI=1S/C20H19N5O/c1-11-5-6-16(26-4)13(3)17(11)25-18(22)15(10-21)14-9-12(2)19-23-7-8-24(19)20(14)25/h5-9H,22H2,1-4H3. The Labute approximate surface area is 151 Å². The number of nitrogens with two attached hydrogens (primary N) is 1. The lowest BCUT2D eigenvalue weighted by Gasteiger charge is -2.17. The van der Waals surface area contributed by atoms with Gasteiger partial charge >= 0.3 is 0 Å². The summed E-state index contributed by atoms with van der Waals surface area (Å²) in [6, 6.07) is 8.19. The molecular formula is C20H19N5O. The molecule has 4 aromatic rings. The van der Waals surface area contributed by atoms with E-state index in [0.717, 1.165) is 44.8 Å². The lowest BCUT2D eigenvalue weighted by Crippen LogP contribution is -2.07. The van der Waals surface area contributed by atoms with Crippen molar-refractivity contribution in [3.8, 4) is 17.5 Å². The molecule has 6 heteroatoms. The van der Waals surface area contributed by atoms with Crippen LogP contribution in [0, 0.1) is 32.1 Å². The van der Waals surface area contributed by atoms with Crippen molar-refractivity contribution in [3.63, 3.8) is 0 Å². The zero-order chi connectivity index (χ0) is 18.6. The number of nitrogen functional groups attached to an aromatic ring is 1. The molecular weight excluding hydrogens is 326 g/mol. The van der Waals surface area contributed by atoms with E-state index in [2.05, 4.69) is 11.1 Å². The van der Waals surface area contributed by atoms with Crippen LogP contribution in [-0.4, -0.2) is 21.1 Å². The summed E-state index contributed by atoms with van der Waals surface area (Å²) in [5.74, 6) is 1.20. The van der Waals surface area contributed by atoms with E-state index < -0.39 is 0 Å². The smallest absolute Gasteiger partial charge is 0.141 e. The van der Waals surface area contributed by atoms with Crippen molar-refractivity contribution in [3.05, 3.63) is 52.8 Å². The largest absolute Gasteiger partial charge is 0.496 e. The average Bonchev–Trinajstić information content (AvgIpc) is 3.19. The first-order valence-electron chi connectivity index (χ1n) is 8.30. The Bertz CT molecular complexity index is 1220. The number of pyridine rings is 1. The predicted molar refractivity (Wildman–Crippen MR) is 102 cm³/mol. The van der Waals surface area contributed by atoms with Gasteiger partial charge < -0.3 is 10.5 Å². The predicted octanol–water partition coefficient (Wildman–Crippen LogP) is 3.67. The molecule has 0 saturated carbocycles. The Morgan fingerprint density at radius 3 is 2.65 bits per heavy atom. The minimum atomic E-state index is 0.419. The molecule has 0 unspecified atom stereocenters. The number of hydrogen-bond donors (Lipinski definition) is 1. The van der Waals surface area contributed by atoms with E-state index >= 15 is 0 Å². The number of ether oxygens (including phenoxy) is 1. The summed E-state index contributed by atoms with van der Waals surface area (Å²) in [4.78, 5) is 4.45. The zero-order valence-corrected chi connectivity index (χ0v) is 15.2. The van der Waals surface area contributed by atoms with E-state index in [1.807, 2.05) is 54.1 Å². The maximum absolute atomic E-state index is 9.74. The first kappa shape index (κ1) is 16.0. The molecule has 0 radical (unpaired) electrons. The molecule has 3 aromatic heterocycles. The summed E-state index contributed by atoms with van der Waals surface area (Å²) >= 11 is 0. The molecule has 1 aromatic carbocycles. The molecule has 130 valence electrons. The number of methoxy groups -OCH3 is 1. The molecule has 2 N–H and O–H groups in total. The van der Waals surface area contributed by atoms with E-state index in [1.54, 1.807) is 13.3 Å². The molecule has 0 saturated heterocycles. The third-order valence-electron chi connectivity index (χ3n) is 4.94. The Hall–Kier alpha value is -3.46. The third-order valence-corrected chi connectivity index (χ3v) is 4.94. The van der Waals surface area contributed by atoms with Crippen molar-refractivity contribution in [2.24, 2.45) is 0 Å². The van der Waals surface area contributed by atoms with Gasteiger partial charge in [-0.05, 0) is 44.0 Å². The van der Waals surface area contributed by atoms with Crippen molar-refractivity contribution >= 4 is 22.5 Å². The molecule has 0 bridgehead atoms. The summed E-state index contributed by atoms with van der Waals surface area (Å²) < 4.78 is 9.43. The van der Waals surface area contributed by atoms with E-state index in [0.29, 0.717) is 11.4 Å². The van der Waals surface area contributed by atoms with Gasteiger partial charge in [0.25, 0.3) is 0 Å². The number of imidazole rings is 1. The van der Waals surface area contributed by atoms with E-state index in [1.165, 1.54) is 0 Å². The molecule has 6 nitrogen and oxygen atoms in total. The number of nitriles is 1. The molecule has 0 spiro atoms. The summed E-state index contributed by atoms with van der Waals surface area (Å²) in [5.41, 5.74) is 12.5. The number of benzene rings is 1. The summed E-state index contributed by atoms with van der Waals surface area (Å²) in [5, 5.41) is 10.6. The number of hydrogen-bond acceptors (Lipinski definition) is 4. The van der Waals surface area contributed by atoms with Crippen LogP contribution in [0.1, 0.15) is 22.3 Å². The maximum Gasteiger partial charge on any atom is 0.141 e. The fourth-order valence-corrected chi connectivity index (χ4v) is 3.74. The number of nitrogens with zero attached hydrogens (tertiary/aromatic N) is 4. The molecule has 0 aliphatic heterocycles. The fraction of sp³-hybridized carbons (Fsp3) is 0.200.